The average Bonchev–Trinajstić information content (AvgIpc) is 2.31. The van der Waals surface area contributed by atoms with Crippen LogP contribution in [0, 0.1) is 11.5 Å². The number of rotatable bonds is 5. The van der Waals surface area contributed by atoms with Crippen LogP contribution in [0.1, 0.15) is 6.42 Å². The maximum Gasteiger partial charge on any atom is 0.184 e. The van der Waals surface area contributed by atoms with E-state index < -0.39 is 0 Å². The summed E-state index contributed by atoms with van der Waals surface area (Å²) in [5.41, 5.74) is 0.812. The van der Waals surface area contributed by atoms with Crippen LogP contribution in [0.2, 0.25) is 0 Å². The zero-order valence-electron chi connectivity index (χ0n) is 8.68. The van der Waals surface area contributed by atoms with E-state index in [4.69, 9.17) is 15.1 Å². The maximum atomic E-state index is 8.90. The molecule has 4 nitrogen and oxygen atoms in total. The van der Waals surface area contributed by atoms with Gasteiger partial charge in [-0.15, -0.1) is 0 Å². The third kappa shape index (κ3) is 3.15. The Labute approximate surface area is 89.3 Å². The van der Waals surface area contributed by atoms with Crippen molar-refractivity contribution in [3.8, 4) is 11.9 Å². The molecule has 0 spiro atoms. The standard InChI is InChI=1S/C11H14N2O2/c1-15-11-5-3-10(4-6-11)13(9-12)7-2-8-14/h3-6,14H,2,7-8H2,1H3. The number of aliphatic hydroxyl groups excluding tert-OH is 1. The highest BCUT2D eigenvalue weighted by Crippen LogP contribution is 2.18. The van der Waals surface area contributed by atoms with E-state index in [1.54, 1.807) is 19.2 Å². The van der Waals surface area contributed by atoms with Crippen LogP contribution in [-0.2, 0) is 0 Å². The van der Waals surface area contributed by atoms with Crippen molar-refractivity contribution in [1.82, 2.24) is 0 Å². The van der Waals surface area contributed by atoms with E-state index in [9.17, 15) is 0 Å². The van der Waals surface area contributed by atoms with Gasteiger partial charge in [0.05, 0.1) is 12.8 Å². The van der Waals surface area contributed by atoms with E-state index in [1.165, 1.54) is 4.90 Å². The Morgan fingerprint density at radius 3 is 2.53 bits per heavy atom. The SMILES string of the molecule is COc1ccc(N(C#N)CCCO)cc1. The number of nitriles is 1. The van der Waals surface area contributed by atoms with Gasteiger partial charge in [-0.25, -0.2) is 0 Å². The molecular formula is C11H14N2O2. The van der Waals surface area contributed by atoms with Gasteiger partial charge in [0.1, 0.15) is 5.75 Å². The fraction of sp³-hybridized carbons (Fsp3) is 0.364. The summed E-state index contributed by atoms with van der Waals surface area (Å²) in [6.07, 6.45) is 2.65. The fourth-order valence-corrected chi connectivity index (χ4v) is 1.23. The molecule has 0 aliphatic rings. The van der Waals surface area contributed by atoms with Crippen LogP contribution in [-0.4, -0.2) is 25.4 Å². The van der Waals surface area contributed by atoms with E-state index in [0.29, 0.717) is 13.0 Å². The highest BCUT2D eigenvalue weighted by Gasteiger charge is 2.04. The molecule has 0 aliphatic carbocycles. The Morgan fingerprint density at radius 1 is 1.40 bits per heavy atom. The van der Waals surface area contributed by atoms with Gasteiger partial charge in [0, 0.05) is 13.2 Å². The number of hydrogen-bond donors (Lipinski definition) is 1. The second-order valence-corrected chi connectivity index (χ2v) is 3.03. The molecule has 0 amide bonds. The van der Waals surface area contributed by atoms with Crippen molar-refractivity contribution in [2.24, 2.45) is 0 Å². The van der Waals surface area contributed by atoms with Crippen LogP contribution >= 0.6 is 0 Å². The normalized spacial score (nSPS) is 9.40. The third-order valence-corrected chi connectivity index (χ3v) is 2.04. The minimum absolute atomic E-state index is 0.0916. The molecule has 0 aliphatic heterocycles. The molecule has 0 aromatic heterocycles. The molecule has 0 radical (unpaired) electrons. The Morgan fingerprint density at radius 2 is 2.07 bits per heavy atom. The molecule has 1 aromatic rings. The van der Waals surface area contributed by atoms with E-state index >= 15 is 0 Å². The van der Waals surface area contributed by atoms with Crippen molar-refractivity contribution >= 4 is 5.69 Å². The van der Waals surface area contributed by atoms with Gasteiger partial charge in [0.25, 0.3) is 0 Å². The lowest BCUT2D eigenvalue weighted by atomic mass is 10.2. The zero-order chi connectivity index (χ0) is 11.1. The van der Waals surface area contributed by atoms with E-state index in [-0.39, 0.29) is 6.61 Å². The highest BCUT2D eigenvalue weighted by atomic mass is 16.5. The van der Waals surface area contributed by atoms with Gasteiger partial charge in [-0.1, -0.05) is 0 Å². The quantitative estimate of drug-likeness (QED) is 0.584. The Bertz CT molecular complexity index is 329. The lowest BCUT2D eigenvalue weighted by molar-refractivity contribution is 0.291. The molecule has 0 saturated carbocycles. The number of ether oxygens (including phenoxy) is 1. The molecule has 0 unspecified atom stereocenters. The lowest BCUT2D eigenvalue weighted by Crippen LogP contribution is -2.18. The number of hydrogen-bond acceptors (Lipinski definition) is 4. The molecule has 15 heavy (non-hydrogen) atoms. The van der Waals surface area contributed by atoms with Gasteiger partial charge >= 0.3 is 0 Å². The van der Waals surface area contributed by atoms with Gasteiger partial charge in [-0.2, -0.15) is 5.26 Å². The Kier molecular flexibility index (Phi) is 4.45. The summed E-state index contributed by atoms with van der Waals surface area (Å²) in [5, 5.41) is 17.6. The van der Waals surface area contributed by atoms with Crippen molar-refractivity contribution < 1.29 is 9.84 Å². The molecule has 1 N–H and O–H groups in total. The summed E-state index contributed by atoms with van der Waals surface area (Å²) in [6, 6.07) is 7.25. The predicted molar refractivity (Wildman–Crippen MR) is 57.7 cm³/mol. The molecule has 0 heterocycles. The average molecular weight is 206 g/mol. The monoisotopic (exact) mass is 206 g/mol. The molecule has 4 heteroatoms. The molecule has 0 bridgehead atoms. The van der Waals surface area contributed by atoms with E-state index in [2.05, 4.69) is 6.19 Å². The van der Waals surface area contributed by atoms with Gasteiger partial charge in [0.15, 0.2) is 6.19 Å². The number of benzene rings is 1. The smallest absolute Gasteiger partial charge is 0.184 e. The predicted octanol–water partition coefficient (Wildman–Crippen LogP) is 1.37. The van der Waals surface area contributed by atoms with Crippen LogP contribution in [0.25, 0.3) is 0 Å². The second kappa shape index (κ2) is 5.89. The largest absolute Gasteiger partial charge is 0.497 e. The van der Waals surface area contributed by atoms with Crippen molar-refractivity contribution in [2.45, 2.75) is 6.42 Å². The summed E-state index contributed by atoms with van der Waals surface area (Å²) in [7, 11) is 1.60. The topological polar surface area (TPSA) is 56.5 Å². The summed E-state index contributed by atoms with van der Waals surface area (Å²) >= 11 is 0. The maximum absolute atomic E-state index is 8.90. The number of anilines is 1. The van der Waals surface area contributed by atoms with Crippen molar-refractivity contribution in [3.05, 3.63) is 24.3 Å². The van der Waals surface area contributed by atoms with Crippen molar-refractivity contribution in [2.75, 3.05) is 25.2 Å². The van der Waals surface area contributed by atoms with Gasteiger partial charge in [0.2, 0.25) is 0 Å². The van der Waals surface area contributed by atoms with Crippen LogP contribution in [0.5, 0.6) is 5.75 Å². The van der Waals surface area contributed by atoms with E-state index in [1.807, 2.05) is 12.1 Å². The van der Waals surface area contributed by atoms with Gasteiger partial charge in [-0.05, 0) is 30.7 Å². The molecular weight excluding hydrogens is 192 g/mol. The number of nitrogens with zero attached hydrogens (tertiary/aromatic N) is 2. The molecule has 0 saturated heterocycles. The Balaban J connectivity index is 2.70. The summed E-state index contributed by atoms with van der Waals surface area (Å²) in [6.45, 7) is 0.619. The zero-order valence-corrected chi connectivity index (χ0v) is 8.68. The van der Waals surface area contributed by atoms with E-state index in [0.717, 1.165) is 11.4 Å². The first-order valence-corrected chi connectivity index (χ1v) is 4.74. The van der Waals surface area contributed by atoms with Crippen LogP contribution in [0.3, 0.4) is 0 Å². The summed E-state index contributed by atoms with van der Waals surface area (Å²) in [5.74, 6) is 0.763. The minimum Gasteiger partial charge on any atom is -0.497 e. The van der Waals surface area contributed by atoms with Crippen molar-refractivity contribution in [3.63, 3.8) is 0 Å². The minimum atomic E-state index is 0.0916. The first kappa shape index (κ1) is 11.3. The van der Waals surface area contributed by atoms with Gasteiger partial charge < -0.3 is 9.84 Å². The highest BCUT2D eigenvalue weighted by molar-refractivity contribution is 5.52. The third-order valence-electron chi connectivity index (χ3n) is 2.04. The molecule has 1 rings (SSSR count). The van der Waals surface area contributed by atoms with Crippen LogP contribution in [0.4, 0.5) is 5.69 Å². The number of aliphatic hydroxyl groups is 1. The first-order chi connectivity index (χ1) is 7.31. The van der Waals surface area contributed by atoms with Crippen LogP contribution in [0.15, 0.2) is 24.3 Å². The molecule has 1 aromatic carbocycles. The Hall–Kier alpha value is -1.73. The lowest BCUT2D eigenvalue weighted by Gasteiger charge is -2.14. The molecule has 0 atom stereocenters. The first-order valence-electron chi connectivity index (χ1n) is 4.74. The number of methoxy groups -OCH3 is 1. The summed E-state index contributed by atoms with van der Waals surface area (Å²) in [4.78, 5) is 1.54. The van der Waals surface area contributed by atoms with Gasteiger partial charge in [-0.3, -0.25) is 4.90 Å². The second-order valence-electron chi connectivity index (χ2n) is 3.03. The fourth-order valence-electron chi connectivity index (χ4n) is 1.23. The van der Waals surface area contributed by atoms with Crippen LogP contribution < -0.4 is 9.64 Å². The molecule has 0 fully saturated rings. The summed E-state index contributed by atoms with van der Waals surface area (Å²) < 4.78 is 5.02. The van der Waals surface area contributed by atoms with Crippen molar-refractivity contribution in [1.29, 1.82) is 5.26 Å². The molecule has 80 valence electrons.